The van der Waals surface area contributed by atoms with E-state index < -0.39 is 16.2 Å². The van der Waals surface area contributed by atoms with E-state index in [0.717, 1.165) is 0 Å². The van der Waals surface area contributed by atoms with Gasteiger partial charge in [-0.15, -0.1) is 0 Å². The summed E-state index contributed by atoms with van der Waals surface area (Å²) in [6.07, 6.45) is -0.167. The van der Waals surface area contributed by atoms with Crippen molar-refractivity contribution in [1.29, 1.82) is 0 Å². The molecule has 0 aliphatic heterocycles. The summed E-state index contributed by atoms with van der Waals surface area (Å²) in [7, 11) is 0. The average molecular weight is 217 g/mol. The van der Waals surface area contributed by atoms with Gasteiger partial charge in [0, 0.05) is 6.10 Å². The van der Waals surface area contributed by atoms with Crippen LogP contribution in [0.25, 0.3) is 0 Å². The van der Waals surface area contributed by atoms with Crippen LogP contribution < -0.4 is 0 Å². The van der Waals surface area contributed by atoms with Crippen LogP contribution in [0.2, 0.25) is 14.9 Å². The number of aliphatic hydroxyl groups is 1. The molecule has 0 atom stereocenters. The molecule has 1 nitrogen and oxygen atoms in total. The van der Waals surface area contributed by atoms with Crippen LogP contribution in [0.15, 0.2) is 0 Å². The van der Waals surface area contributed by atoms with Gasteiger partial charge in [-0.3, -0.25) is 0 Å². The van der Waals surface area contributed by atoms with Gasteiger partial charge in [0.15, 0.2) is 0 Å². The second-order valence-electron chi connectivity index (χ2n) is 3.18. The van der Waals surface area contributed by atoms with Crippen LogP contribution in [0, 0.1) is 0 Å². The van der Waals surface area contributed by atoms with Gasteiger partial charge in [0.1, 0.15) is 0 Å². The summed E-state index contributed by atoms with van der Waals surface area (Å²) in [5.41, 5.74) is 0. The summed E-state index contributed by atoms with van der Waals surface area (Å²) in [4.78, 5) is 4.62. The fraction of sp³-hybridized carbons (Fsp3) is 1.00. The van der Waals surface area contributed by atoms with Crippen molar-refractivity contribution in [1.82, 2.24) is 0 Å². The second-order valence-corrected chi connectivity index (χ2v) is 12.0. The van der Waals surface area contributed by atoms with Crippen molar-refractivity contribution in [2.24, 2.45) is 0 Å². The second kappa shape index (κ2) is 10.6. The Morgan fingerprint density at radius 1 is 1.00 bits per heavy atom. The van der Waals surface area contributed by atoms with Crippen LogP contribution in [-0.2, 0) is 0 Å². The quantitative estimate of drug-likeness (QED) is 0.720. The molecule has 0 saturated heterocycles. The zero-order valence-electron chi connectivity index (χ0n) is 8.72. The molecule has 0 bridgehead atoms. The Morgan fingerprint density at radius 3 is 1.18 bits per heavy atom. The van der Waals surface area contributed by atoms with Crippen molar-refractivity contribution in [3.05, 3.63) is 0 Å². The van der Waals surface area contributed by atoms with Gasteiger partial charge in [-0.2, -0.15) is 0 Å². The molecule has 0 spiro atoms. The third kappa shape index (κ3) is 18.0. The molecule has 1 N–H and O–H groups in total. The van der Waals surface area contributed by atoms with Crippen LogP contribution in [0.5, 0.6) is 0 Å². The van der Waals surface area contributed by atoms with Gasteiger partial charge in [-0.05, 0) is 13.8 Å². The molecule has 68 valence electrons. The summed E-state index contributed by atoms with van der Waals surface area (Å²) in [5.74, 6) is 0. The summed E-state index contributed by atoms with van der Waals surface area (Å²) < 4.78 is 0. The van der Waals surface area contributed by atoms with E-state index in [9.17, 15) is 0 Å². The molecule has 0 aromatic rings. The van der Waals surface area contributed by atoms with Crippen LogP contribution in [0.4, 0.5) is 0 Å². The first-order valence-corrected chi connectivity index (χ1v) is 9.90. The monoisotopic (exact) mass is 216 g/mol. The summed E-state index contributed by atoms with van der Waals surface area (Å²) in [5, 5.41) is 8.06. The molecular formula is C9H23GaO. The van der Waals surface area contributed by atoms with E-state index in [-0.39, 0.29) is 6.10 Å². The van der Waals surface area contributed by atoms with Gasteiger partial charge in [0.05, 0.1) is 0 Å². The normalized spacial score (nSPS) is 9.00. The van der Waals surface area contributed by atoms with Crippen LogP contribution >= 0.6 is 0 Å². The predicted molar refractivity (Wildman–Crippen MR) is 54.6 cm³/mol. The van der Waals surface area contributed by atoms with Gasteiger partial charge in [0.2, 0.25) is 0 Å². The van der Waals surface area contributed by atoms with Gasteiger partial charge in [-0.25, -0.2) is 0 Å². The van der Waals surface area contributed by atoms with Crippen LogP contribution in [0.3, 0.4) is 0 Å². The van der Waals surface area contributed by atoms with Gasteiger partial charge < -0.3 is 5.11 Å². The Balaban J connectivity index is 0. The molecule has 0 aromatic heterocycles. The SMILES string of the molecule is CC(C)O.C[CH2][Ga]([CH2]C)[CH2]C. The molecule has 0 aromatic carbocycles. The van der Waals surface area contributed by atoms with Gasteiger partial charge in [0.25, 0.3) is 0 Å². The molecule has 0 fully saturated rings. The number of rotatable bonds is 3. The fourth-order valence-corrected chi connectivity index (χ4v) is 4.50. The van der Waals surface area contributed by atoms with E-state index in [2.05, 4.69) is 20.8 Å². The standard InChI is InChI=1S/C3H8O.3C2H5.Ga/c1-3(2)4;3*1-2;/h3-4H,1-2H3;3*1H2,2H3;. The minimum absolute atomic E-state index is 0.167. The van der Waals surface area contributed by atoms with Crippen LogP contribution in [-0.4, -0.2) is 27.4 Å². The molecule has 0 unspecified atom stereocenters. The van der Waals surface area contributed by atoms with Crippen molar-refractivity contribution >= 4 is 16.2 Å². The topological polar surface area (TPSA) is 20.2 Å². The first-order chi connectivity index (χ1) is 5.08. The Bertz CT molecular complexity index is 52.3. The third-order valence-electron chi connectivity index (χ3n) is 1.73. The summed E-state index contributed by atoms with van der Waals surface area (Å²) in [6, 6.07) is 0. The van der Waals surface area contributed by atoms with E-state index in [0.29, 0.717) is 0 Å². The molecule has 11 heavy (non-hydrogen) atoms. The van der Waals surface area contributed by atoms with Crippen molar-refractivity contribution in [3.8, 4) is 0 Å². The van der Waals surface area contributed by atoms with Crippen molar-refractivity contribution in [2.75, 3.05) is 0 Å². The van der Waals surface area contributed by atoms with Crippen LogP contribution in [0.1, 0.15) is 34.6 Å². The first-order valence-electron chi connectivity index (χ1n) is 4.76. The van der Waals surface area contributed by atoms with E-state index in [1.807, 2.05) is 0 Å². The van der Waals surface area contributed by atoms with Crippen molar-refractivity contribution in [3.63, 3.8) is 0 Å². The maximum absolute atomic E-state index is 8.06. The number of hydrogen-bond acceptors (Lipinski definition) is 1. The molecule has 0 aliphatic carbocycles. The van der Waals surface area contributed by atoms with E-state index >= 15 is 0 Å². The molecular weight excluding hydrogens is 194 g/mol. The first kappa shape index (κ1) is 14.1. The Hall–Kier alpha value is 0.596. The molecule has 0 heterocycles. The Morgan fingerprint density at radius 2 is 1.18 bits per heavy atom. The summed E-state index contributed by atoms with van der Waals surface area (Å²) in [6.45, 7) is 10.5. The van der Waals surface area contributed by atoms with Crippen molar-refractivity contribution in [2.45, 2.75) is 55.6 Å². The van der Waals surface area contributed by atoms with E-state index in [4.69, 9.17) is 5.11 Å². The number of hydrogen-bond donors (Lipinski definition) is 1. The minimum atomic E-state index is -0.576. The Labute approximate surface area is 77.2 Å². The number of aliphatic hydroxyl groups excluding tert-OH is 1. The molecule has 0 rings (SSSR count). The Kier molecular flexibility index (Phi) is 13.6. The summed E-state index contributed by atoms with van der Waals surface area (Å²) >= 11 is -0.576. The maximum atomic E-state index is 8.06. The van der Waals surface area contributed by atoms with E-state index in [1.165, 1.54) is 0 Å². The zero-order valence-corrected chi connectivity index (χ0v) is 11.1. The van der Waals surface area contributed by atoms with Gasteiger partial charge >= 0.3 is 51.9 Å². The molecule has 0 aliphatic rings. The fourth-order valence-electron chi connectivity index (χ4n) is 0.866. The zero-order chi connectivity index (χ0) is 9.28. The molecule has 0 radical (unpaired) electrons. The molecule has 0 saturated carbocycles. The van der Waals surface area contributed by atoms with Crippen molar-refractivity contribution < 1.29 is 5.11 Å². The van der Waals surface area contributed by atoms with E-state index in [1.54, 1.807) is 28.8 Å². The predicted octanol–water partition coefficient (Wildman–Crippen LogP) is 2.93. The third-order valence-corrected chi connectivity index (χ3v) is 9.00. The average Bonchev–Trinajstić information content (AvgIpc) is 1.90. The molecule has 2 heteroatoms. The van der Waals surface area contributed by atoms with Gasteiger partial charge in [-0.1, -0.05) is 0 Å². The molecule has 0 amide bonds.